The molecule has 3 fully saturated rings. The number of nitrogens with zero attached hydrogens (tertiary/aromatic N) is 3. The van der Waals surface area contributed by atoms with Gasteiger partial charge in [-0.15, -0.1) is 0 Å². The van der Waals surface area contributed by atoms with Crippen LogP contribution in [0.1, 0.15) is 35.4 Å². The number of hydrogen-bond donors (Lipinski definition) is 1. The smallest absolute Gasteiger partial charge is 0.321 e. The fourth-order valence-corrected chi connectivity index (χ4v) is 4.22. The lowest BCUT2D eigenvalue weighted by molar-refractivity contribution is -0.140. The zero-order chi connectivity index (χ0) is 19.8. The van der Waals surface area contributed by atoms with Gasteiger partial charge in [0, 0.05) is 30.4 Å². The van der Waals surface area contributed by atoms with Crippen LogP contribution in [-0.2, 0) is 11.3 Å². The summed E-state index contributed by atoms with van der Waals surface area (Å²) < 4.78 is 5.26. The topological polar surface area (TPSA) is 78.7 Å². The number of hydrogen-bond acceptors (Lipinski definition) is 4. The molecular formula is C21H26N4O3. The van der Waals surface area contributed by atoms with Crippen LogP contribution >= 0.6 is 0 Å². The summed E-state index contributed by atoms with van der Waals surface area (Å²) in [6.45, 7) is 7.24. The first-order valence-electron chi connectivity index (χ1n) is 9.78. The van der Waals surface area contributed by atoms with Crippen LogP contribution in [0.3, 0.4) is 0 Å². The molecule has 2 atom stereocenters. The Balaban J connectivity index is 1.52. The normalized spacial score (nSPS) is 21.8. The van der Waals surface area contributed by atoms with E-state index in [1.54, 1.807) is 4.90 Å². The second-order valence-electron chi connectivity index (χ2n) is 7.85. The third-order valence-corrected chi connectivity index (χ3v) is 5.98. The molecule has 7 heteroatoms. The Labute approximate surface area is 164 Å². The predicted octanol–water partition coefficient (Wildman–Crippen LogP) is 3.25. The molecule has 3 aliphatic heterocycles. The largest absolute Gasteiger partial charge is 0.361 e. The number of rotatable bonds is 3. The maximum Gasteiger partial charge on any atom is 0.321 e. The maximum atomic E-state index is 13.1. The van der Waals surface area contributed by atoms with Gasteiger partial charge in [-0.05, 0) is 45.2 Å². The van der Waals surface area contributed by atoms with E-state index in [-0.39, 0.29) is 23.9 Å². The molecule has 7 nitrogen and oxygen atoms in total. The number of aromatic nitrogens is 1. The van der Waals surface area contributed by atoms with E-state index in [0.29, 0.717) is 19.6 Å². The zero-order valence-electron chi connectivity index (χ0n) is 16.6. The van der Waals surface area contributed by atoms with Crippen molar-refractivity contribution in [3.8, 4) is 0 Å². The molecule has 148 valence electrons. The minimum absolute atomic E-state index is 0.0163. The highest BCUT2D eigenvalue weighted by Crippen LogP contribution is 2.31. The number of carbonyl (C=O) groups excluding carboxylic acids is 2. The van der Waals surface area contributed by atoms with Crippen LogP contribution in [0, 0.1) is 26.7 Å². The molecule has 5 rings (SSSR count). The van der Waals surface area contributed by atoms with Gasteiger partial charge in [-0.3, -0.25) is 4.79 Å². The lowest BCUT2D eigenvalue weighted by Gasteiger charge is -2.35. The summed E-state index contributed by atoms with van der Waals surface area (Å²) in [5.41, 5.74) is 3.61. The third-order valence-electron chi connectivity index (χ3n) is 5.98. The minimum Gasteiger partial charge on any atom is -0.361 e. The van der Waals surface area contributed by atoms with Crippen molar-refractivity contribution in [3.63, 3.8) is 0 Å². The molecule has 3 aliphatic rings. The van der Waals surface area contributed by atoms with Gasteiger partial charge in [0.25, 0.3) is 0 Å². The fraction of sp³-hybridized carbons (Fsp3) is 0.476. The monoisotopic (exact) mass is 382 g/mol. The van der Waals surface area contributed by atoms with Gasteiger partial charge in [-0.2, -0.15) is 0 Å². The number of carbonyl (C=O) groups is 2. The Morgan fingerprint density at radius 3 is 2.71 bits per heavy atom. The number of amides is 3. The van der Waals surface area contributed by atoms with Crippen LogP contribution in [-0.4, -0.2) is 46.0 Å². The van der Waals surface area contributed by atoms with E-state index in [2.05, 4.69) is 10.5 Å². The van der Waals surface area contributed by atoms with E-state index in [0.717, 1.165) is 41.1 Å². The number of piperidine rings is 1. The summed E-state index contributed by atoms with van der Waals surface area (Å²) in [5.74, 6) is 0.726. The highest BCUT2D eigenvalue weighted by Gasteiger charge is 2.42. The standard InChI is InChI=1S/C21H26N4O3/c1-13-6-4-5-7-19(13)22-21(27)24-10-16-8-9-17(11-24)25(20(16)26)12-18-14(2)23-28-15(18)3/h4-7,16-17H,8-12H2,1-3H3,(H,22,27)/t16-,17+/m1/s1. The Bertz CT molecular complexity index is 887. The number of benzene rings is 1. The van der Waals surface area contributed by atoms with E-state index >= 15 is 0 Å². The summed E-state index contributed by atoms with van der Waals surface area (Å²) in [6.07, 6.45) is 1.74. The molecule has 3 amide bonds. The van der Waals surface area contributed by atoms with Gasteiger partial charge in [0.2, 0.25) is 5.91 Å². The van der Waals surface area contributed by atoms with E-state index in [9.17, 15) is 9.59 Å². The number of nitrogens with one attached hydrogen (secondary N) is 1. The molecule has 4 heterocycles. The van der Waals surface area contributed by atoms with Crippen LogP contribution in [0.2, 0.25) is 0 Å². The lowest BCUT2D eigenvalue weighted by Crippen LogP contribution is -2.47. The first-order valence-corrected chi connectivity index (χ1v) is 9.78. The number of aryl methyl sites for hydroxylation is 3. The number of para-hydroxylation sites is 1. The average molecular weight is 382 g/mol. The highest BCUT2D eigenvalue weighted by atomic mass is 16.5. The van der Waals surface area contributed by atoms with Crippen molar-refractivity contribution in [2.75, 3.05) is 18.4 Å². The molecule has 0 aliphatic carbocycles. The van der Waals surface area contributed by atoms with Crippen molar-refractivity contribution in [2.45, 2.75) is 46.2 Å². The first-order chi connectivity index (χ1) is 13.4. The van der Waals surface area contributed by atoms with Crippen molar-refractivity contribution in [1.82, 2.24) is 15.0 Å². The summed E-state index contributed by atoms with van der Waals surface area (Å²) in [4.78, 5) is 29.7. The van der Waals surface area contributed by atoms with Gasteiger partial charge < -0.3 is 19.6 Å². The Morgan fingerprint density at radius 2 is 2.00 bits per heavy atom. The Morgan fingerprint density at radius 1 is 1.21 bits per heavy atom. The molecule has 0 radical (unpaired) electrons. The fourth-order valence-electron chi connectivity index (χ4n) is 4.22. The molecule has 28 heavy (non-hydrogen) atoms. The third kappa shape index (κ3) is 3.37. The average Bonchev–Trinajstić information content (AvgIpc) is 2.85. The maximum absolute atomic E-state index is 13.1. The van der Waals surface area contributed by atoms with Gasteiger partial charge >= 0.3 is 6.03 Å². The second kappa shape index (κ2) is 7.30. The Kier molecular flexibility index (Phi) is 4.83. The molecular weight excluding hydrogens is 356 g/mol. The van der Waals surface area contributed by atoms with E-state index in [1.165, 1.54) is 0 Å². The minimum atomic E-state index is -0.151. The molecule has 3 saturated heterocycles. The van der Waals surface area contributed by atoms with E-state index in [4.69, 9.17) is 4.52 Å². The van der Waals surface area contributed by atoms with Crippen molar-refractivity contribution in [2.24, 2.45) is 5.92 Å². The number of anilines is 1. The van der Waals surface area contributed by atoms with Crippen molar-refractivity contribution in [1.29, 1.82) is 0 Å². The van der Waals surface area contributed by atoms with Gasteiger partial charge in [0.05, 0.1) is 18.2 Å². The summed E-state index contributed by atoms with van der Waals surface area (Å²) in [5, 5.41) is 7.01. The molecule has 1 aromatic heterocycles. The molecule has 0 unspecified atom stereocenters. The van der Waals surface area contributed by atoms with Crippen LogP contribution < -0.4 is 5.32 Å². The van der Waals surface area contributed by atoms with Gasteiger partial charge in [-0.1, -0.05) is 23.4 Å². The van der Waals surface area contributed by atoms with Crippen LogP contribution in [0.5, 0.6) is 0 Å². The first kappa shape index (κ1) is 18.5. The van der Waals surface area contributed by atoms with Gasteiger partial charge in [-0.25, -0.2) is 4.79 Å². The van der Waals surface area contributed by atoms with Crippen molar-refractivity contribution < 1.29 is 14.1 Å². The zero-order valence-corrected chi connectivity index (χ0v) is 16.6. The summed E-state index contributed by atoms with van der Waals surface area (Å²) in [6, 6.07) is 7.60. The van der Waals surface area contributed by atoms with Crippen LogP contribution in [0.4, 0.5) is 10.5 Å². The molecule has 0 spiro atoms. The molecule has 0 saturated carbocycles. The van der Waals surface area contributed by atoms with Crippen molar-refractivity contribution >= 4 is 17.6 Å². The number of fused-ring (bicyclic) bond motifs is 4. The number of urea groups is 1. The molecule has 2 aromatic rings. The molecule has 2 bridgehead atoms. The molecule has 1 N–H and O–H groups in total. The molecule has 1 aromatic carbocycles. The van der Waals surface area contributed by atoms with Gasteiger partial charge in [0.1, 0.15) is 5.76 Å². The summed E-state index contributed by atoms with van der Waals surface area (Å²) in [7, 11) is 0. The Hall–Kier alpha value is -2.83. The van der Waals surface area contributed by atoms with E-state index in [1.807, 2.05) is 49.9 Å². The van der Waals surface area contributed by atoms with E-state index < -0.39 is 0 Å². The highest BCUT2D eigenvalue weighted by molar-refractivity contribution is 5.91. The quantitative estimate of drug-likeness (QED) is 0.884. The lowest BCUT2D eigenvalue weighted by atomic mass is 9.93. The van der Waals surface area contributed by atoms with Gasteiger partial charge in [0.15, 0.2) is 0 Å². The summed E-state index contributed by atoms with van der Waals surface area (Å²) >= 11 is 0. The second-order valence-corrected chi connectivity index (χ2v) is 7.85. The van der Waals surface area contributed by atoms with Crippen LogP contribution in [0.15, 0.2) is 28.8 Å². The van der Waals surface area contributed by atoms with Crippen LogP contribution in [0.25, 0.3) is 0 Å². The SMILES string of the molecule is Cc1ccccc1NC(=O)N1C[C@H]2CC[C@@H](C1)N(Cc1c(C)noc1C)C2=O. The van der Waals surface area contributed by atoms with Crippen molar-refractivity contribution in [3.05, 3.63) is 46.8 Å². The predicted molar refractivity (Wildman–Crippen MR) is 105 cm³/mol.